The predicted octanol–water partition coefficient (Wildman–Crippen LogP) is 4.38. The van der Waals surface area contributed by atoms with Crippen molar-refractivity contribution in [2.45, 2.75) is 19.4 Å². The minimum absolute atomic E-state index is 0.0911. The van der Waals surface area contributed by atoms with Gasteiger partial charge in [0.1, 0.15) is 11.6 Å². The number of ether oxygens (including phenoxy) is 1. The lowest BCUT2D eigenvalue weighted by atomic mass is 9.98. The van der Waals surface area contributed by atoms with Crippen molar-refractivity contribution in [1.82, 2.24) is 5.32 Å². The molecule has 0 bridgehead atoms. The predicted molar refractivity (Wildman–Crippen MR) is 84.5 cm³/mol. The van der Waals surface area contributed by atoms with Gasteiger partial charge in [-0.3, -0.25) is 0 Å². The Morgan fingerprint density at radius 1 is 1.24 bits per heavy atom. The van der Waals surface area contributed by atoms with Crippen LogP contribution in [0.1, 0.15) is 24.1 Å². The lowest BCUT2D eigenvalue weighted by molar-refractivity contribution is 0.339. The molecular formula is C17H19ClFNO. The summed E-state index contributed by atoms with van der Waals surface area (Å²) in [5, 5.41) is 3.72. The molecule has 2 aromatic carbocycles. The molecule has 2 nitrogen and oxygen atoms in total. The molecule has 0 aromatic heterocycles. The van der Waals surface area contributed by atoms with Crippen molar-refractivity contribution >= 4 is 11.6 Å². The van der Waals surface area contributed by atoms with Gasteiger partial charge in [0, 0.05) is 11.1 Å². The van der Waals surface area contributed by atoms with Crippen molar-refractivity contribution in [3.8, 4) is 5.75 Å². The molecule has 0 saturated heterocycles. The second-order valence-corrected chi connectivity index (χ2v) is 5.19. The lowest BCUT2D eigenvalue weighted by Gasteiger charge is -2.18. The van der Waals surface area contributed by atoms with E-state index in [2.05, 4.69) is 5.32 Å². The monoisotopic (exact) mass is 307 g/mol. The van der Waals surface area contributed by atoms with Gasteiger partial charge in [0.05, 0.1) is 6.61 Å². The highest BCUT2D eigenvalue weighted by molar-refractivity contribution is 6.31. The molecule has 4 heteroatoms. The molecule has 0 aliphatic rings. The Hall–Kier alpha value is -1.58. The van der Waals surface area contributed by atoms with Gasteiger partial charge in [0.25, 0.3) is 0 Å². The average Bonchev–Trinajstić information content (AvgIpc) is 2.47. The summed E-state index contributed by atoms with van der Waals surface area (Å²) >= 11 is 6.11. The number of likely N-dealkylation sites (N-methyl/N-ethyl adjacent to an activating group) is 1. The van der Waals surface area contributed by atoms with Gasteiger partial charge >= 0.3 is 0 Å². The van der Waals surface area contributed by atoms with E-state index >= 15 is 0 Å². The van der Waals surface area contributed by atoms with E-state index in [4.69, 9.17) is 16.3 Å². The second kappa shape index (κ2) is 7.43. The van der Waals surface area contributed by atoms with E-state index in [0.717, 1.165) is 16.9 Å². The first-order valence-electron chi connectivity index (χ1n) is 6.98. The average molecular weight is 308 g/mol. The number of rotatable bonds is 6. The highest BCUT2D eigenvalue weighted by Gasteiger charge is 2.13. The number of nitrogens with one attached hydrogen (secondary N) is 1. The molecule has 0 aliphatic carbocycles. The van der Waals surface area contributed by atoms with Gasteiger partial charge in [-0.25, -0.2) is 4.39 Å². The summed E-state index contributed by atoms with van der Waals surface area (Å²) in [6.45, 7) is 2.60. The Bertz CT molecular complexity index is 603. The summed E-state index contributed by atoms with van der Waals surface area (Å²) in [4.78, 5) is 0. The zero-order valence-corrected chi connectivity index (χ0v) is 13.0. The molecule has 0 heterocycles. The minimum atomic E-state index is -0.317. The van der Waals surface area contributed by atoms with Gasteiger partial charge in [-0.1, -0.05) is 29.8 Å². The van der Waals surface area contributed by atoms with Crippen molar-refractivity contribution in [2.75, 3.05) is 13.7 Å². The van der Waals surface area contributed by atoms with Gasteiger partial charge in [0.15, 0.2) is 0 Å². The standard InChI is InChI=1S/C17H19ClFNO/c1-3-21-15-6-4-5-13(9-15)17(20-2)10-12-7-8-14(19)11-16(12)18/h4-9,11,17,20H,3,10H2,1-2H3. The molecule has 0 spiro atoms. The van der Waals surface area contributed by atoms with Crippen LogP contribution in [0.5, 0.6) is 5.75 Å². The molecule has 0 amide bonds. The fourth-order valence-electron chi connectivity index (χ4n) is 2.28. The van der Waals surface area contributed by atoms with Gasteiger partial charge in [-0.2, -0.15) is 0 Å². The van der Waals surface area contributed by atoms with E-state index < -0.39 is 0 Å². The van der Waals surface area contributed by atoms with Crippen LogP contribution in [-0.4, -0.2) is 13.7 Å². The van der Waals surface area contributed by atoms with Gasteiger partial charge < -0.3 is 10.1 Å². The van der Waals surface area contributed by atoms with E-state index in [9.17, 15) is 4.39 Å². The fourth-order valence-corrected chi connectivity index (χ4v) is 2.53. The first-order chi connectivity index (χ1) is 10.1. The van der Waals surface area contributed by atoms with Crippen LogP contribution < -0.4 is 10.1 Å². The Kier molecular flexibility index (Phi) is 5.59. The summed E-state index contributed by atoms with van der Waals surface area (Å²) < 4.78 is 18.6. The first-order valence-corrected chi connectivity index (χ1v) is 7.35. The third kappa shape index (κ3) is 4.19. The normalized spacial score (nSPS) is 12.2. The van der Waals surface area contributed by atoms with Gasteiger partial charge in [-0.15, -0.1) is 0 Å². The maximum absolute atomic E-state index is 13.1. The molecule has 1 N–H and O–H groups in total. The molecule has 21 heavy (non-hydrogen) atoms. The van der Waals surface area contributed by atoms with Crippen molar-refractivity contribution in [1.29, 1.82) is 0 Å². The number of halogens is 2. The largest absolute Gasteiger partial charge is 0.494 e. The molecule has 1 atom stereocenters. The SMILES string of the molecule is CCOc1cccc(C(Cc2ccc(F)cc2Cl)NC)c1. The zero-order chi connectivity index (χ0) is 15.2. The zero-order valence-electron chi connectivity index (χ0n) is 12.2. The molecule has 2 aromatic rings. The van der Waals surface area contributed by atoms with E-state index in [1.807, 2.05) is 38.2 Å². The summed E-state index contributed by atoms with van der Waals surface area (Å²) in [6, 6.07) is 12.6. The summed E-state index contributed by atoms with van der Waals surface area (Å²) in [6.07, 6.45) is 0.686. The number of benzene rings is 2. The van der Waals surface area contributed by atoms with Crippen molar-refractivity contribution in [2.24, 2.45) is 0 Å². The number of hydrogen-bond donors (Lipinski definition) is 1. The van der Waals surface area contributed by atoms with Crippen LogP contribution in [0, 0.1) is 5.82 Å². The van der Waals surface area contributed by atoms with E-state index in [0.29, 0.717) is 18.1 Å². The van der Waals surface area contributed by atoms with E-state index in [-0.39, 0.29) is 11.9 Å². The number of hydrogen-bond acceptors (Lipinski definition) is 2. The summed E-state index contributed by atoms with van der Waals surface area (Å²) in [7, 11) is 1.90. The van der Waals surface area contributed by atoms with Gasteiger partial charge in [0.2, 0.25) is 0 Å². The Labute approximate surface area is 129 Å². The van der Waals surface area contributed by atoms with Crippen LogP contribution in [0.15, 0.2) is 42.5 Å². The van der Waals surface area contributed by atoms with Crippen molar-refractivity contribution in [3.05, 3.63) is 64.4 Å². The second-order valence-electron chi connectivity index (χ2n) is 4.79. The van der Waals surface area contributed by atoms with Crippen LogP contribution in [0.2, 0.25) is 5.02 Å². The molecule has 1 unspecified atom stereocenters. The Balaban J connectivity index is 2.21. The Morgan fingerprint density at radius 3 is 2.71 bits per heavy atom. The van der Waals surface area contributed by atoms with E-state index in [1.165, 1.54) is 12.1 Å². The molecule has 2 rings (SSSR count). The molecule has 0 radical (unpaired) electrons. The maximum atomic E-state index is 13.1. The van der Waals surface area contributed by atoms with Crippen LogP contribution in [0.3, 0.4) is 0 Å². The molecule has 0 saturated carbocycles. The Morgan fingerprint density at radius 2 is 2.05 bits per heavy atom. The minimum Gasteiger partial charge on any atom is -0.494 e. The van der Waals surface area contributed by atoms with Crippen molar-refractivity contribution < 1.29 is 9.13 Å². The third-order valence-electron chi connectivity index (χ3n) is 3.36. The van der Waals surface area contributed by atoms with Crippen LogP contribution in [-0.2, 0) is 6.42 Å². The van der Waals surface area contributed by atoms with Crippen molar-refractivity contribution in [3.63, 3.8) is 0 Å². The molecule has 0 aliphatic heterocycles. The highest BCUT2D eigenvalue weighted by Crippen LogP contribution is 2.26. The topological polar surface area (TPSA) is 21.3 Å². The lowest BCUT2D eigenvalue weighted by Crippen LogP contribution is -2.19. The highest BCUT2D eigenvalue weighted by atomic mass is 35.5. The van der Waals surface area contributed by atoms with Crippen LogP contribution >= 0.6 is 11.6 Å². The first kappa shape index (κ1) is 15.8. The fraction of sp³-hybridized carbons (Fsp3) is 0.294. The third-order valence-corrected chi connectivity index (χ3v) is 3.71. The molecular weight excluding hydrogens is 289 g/mol. The maximum Gasteiger partial charge on any atom is 0.124 e. The van der Waals surface area contributed by atoms with E-state index in [1.54, 1.807) is 6.07 Å². The quantitative estimate of drug-likeness (QED) is 0.855. The smallest absolute Gasteiger partial charge is 0.124 e. The van der Waals surface area contributed by atoms with Gasteiger partial charge in [-0.05, 0) is 55.8 Å². The molecule has 0 fully saturated rings. The molecule has 112 valence electrons. The summed E-state index contributed by atoms with van der Waals surface area (Å²) in [5.41, 5.74) is 2.03. The summed E-state index contributed by atoms with van der Waals surface area (Å²) in [5.74, 6) is 0.531. The van der Waals surface area contributed by atoms with Crippen LogP contribution in [0.4, 0.5) is 4.39 Å². The van der Waals surface area contributed by atoms with Crippen LogP contribution in [0.25, 0.3) is 0 Å².